The van der Waals surface area contributed by atoms with Gasteiger partial charge in [-0.3, -0.25) is 0 Å². The molecule has 3 aromatic rings. The van der Waals surface area contributed by atoms with Gasteiger partial charge in [0.25, 0.3) is 0 Å². The number of hydrogen-bond donors (Lipinski definition) is 0. The van der Waals surface area contributed by atoms with Gasteiger partial charge in [-0.15, -0.1) is 11.3 Å². The molecule has 0 spiro atoms. The second-order valence-corrected chi connectivity index (χ2v) is 11.0. The Morgan fingerprint density at radius 3 is 2.33 bits per heavy atom. The lowest BCUT2D eigenvalue weighted by atomic mass is 10.2. The van der Waals surface area contributed by atoms with E-state index in [1.807, 2.05) is 42.5 Å². The van der Waals surface area contributed by atoms with E-state index in [9.17, 15) is 8.42 Å². The number of sulfonamides is 1. The van der Waals surface area contributed by atoms with Crippen molar-refractivity contribution in [1.29, 1.82) is 0 Å². The number of nitrogens with zero attached hydrogens (tertiary/aromatic N) is 3. The Labute approximate surface area is 200 Å². The minimum absolute atomic E-state index is 0.364. The van der Waals surface area contributed by atoms with Gasteiger partial charge in [0.15, 0.2) is 4.80 Å². The summed E-state index contributed by atoms with van der Waals surface area (Å²) in [5.74, 6) is 0. The highest BCUT2D eigenvalue weighted by Gasteiger charge is 2.25. The number of hydrogen-bond acceptors (Lipinski definition) is 5. The first-order valence-corrected chi connectivity index (χ1v) is 13.8. The molecule has 1 aliphatic heterocycles. The number of rotatable bonds is 8. The van der Waals surface area contributed by atoms with Crippen molar-refractivity contribution >= 4 is 27.0 Å². The highest BCUT2D eigenvalue weighted by Crippen LogP contribution is 2.25. The summed E-state index contributed by atoms with van der Waals surface area (Å²) >= 11 is 1.59. The molecular weight excluding hydrogens is 454 g/mol. The Kier molecular flexibility index (Phi) is 8.14. The van der Waals surface area contributed by atoms with Crippen molar-refractivity contribution in [1.82, 2.24) is 8.87 Å². The number of thiazole rings is 1. The number of ether oxygens (including phenoxy) is 1. The Hall–Kier alpha value is -2.26. The highest BCUT2D eigenvalue weighted by molar-refractivity contribution is 7.89. The van der Waals surface area contributed by atoms with E-state index in [2.05, 4.69) is 9.95 Å². The predicted molar refractivity (Wildman–Crippen MR) is 133 cm³/mol. The minimum Gasteiger partial charge on any atom is -0.385 e. The summed E-state index contributed by atoms with van der Waals surface area (Å²) in [4.78, 5) is 6.11. The molecule has 0 saturated carbocycles. The van der Waals surface area contributed by atoms with Gasteiger partial charge in [-0.2, -0.15) is 4.31 Å². The quantitative estimate of drug-likeness (QED) is 0.420. The molecule has 4 rings (SSSR count). The summed E-state index contributed by atoms with van der Waals surface area (Å²) in [6.07, 6.45) is 4.93. The SMILES string of the molecule is COCCCn1c(-c2ccc(S(=O)(=O)N3CCCCCC3)cc2)csc1=Nc1ccccc1. The molecule has 2 aromatic carbocycles. The number of benzene rings is 2. The summed E-state index contributed by atoms with van der Waals surface area (Å²) in [6.45, 7) is 2.66. The Morgan fingerprint density at radius 2 is 1.67 bits per heavy atom. The average Bonchev–Trinajstić information content (AvgIpc) is 3.03. The Morgan fingerprint density at radius 1 is 0.970 bits per heavy atom. The van der Waals surface area contributed by atoms with Gasteiger partial charge >= 0.3 is 0 Å². The molecule has 0 atom stereocenters. The standard InChI is InChI=1S/C25H31N3O3S2/c1-31-19-9-18-28-24(20-32-25(28)26-22-10-5-4-6-11-22)21-12-14-23(15-13-21)33(29,30)27-16-7-2-3-8-17-27/h4-6,10-15,20H,2-3,7-9,16-19H2,1H3. The van der Waals surface area contributed by atoms with Crippen molar-refractivity contribution in [3.05, 3.63) is 64.8 Å². The van der Waals surface area contributed by atoms with Gasteiger partial charge in [0.1, 0.15) is 0 Å². The van der Waals surface area contributed by atoms with Gasteiger partial charge in [0.2, 0.25) is 10.0 Å². The van der Waals surface area contributed by atoms with Crippen molar-refractivity contribution in [3.8, 4) is 11.3 Å². The van der Waals surface area contributed by atoms with Crippen LogP contribution < -0.4 is 4.80 Å². The van der Waals surface area contributed by atoms with E-state index in [4.69, 9.17) is 9.73 Å². The van der Waals surface area contributed by atoms with Crippen LogP contribution in [0.2, 0.25) is 0 Å². The first-order chi connectivity index (χ1) is 16.1. The van der Waals surface area contributed by atoms with Crippen molar-refractivity contribution in [2.24, 2.45) is 4.99 Å². The van der Waals surface area contributed by atoms with Crippen LogP contribution in [0, 0.1) is 0 Å². The molecule has 0 aliphatic carbocycles. The summed E-state index contributed by atoms with van der Waals surface area (Å²) < 4.78 is 35.3. The Balaban J connectivity index is 1.65. The van der Waals surface area contributed by atoms with E-state index in [1.54, 1.807) is 34.9 Å². The van der Waals surface area contributed by atoms with Crippen molar-refractivity contribution in [2.45, 2.75) is 43.5 Å². The fraction of sp³-hybridized carbons (Fsp3) is 0.400. The summed E-state index contributed by atoms with van der Waals surface area (Å²) in [5.41, 5.74) is 2.92. The molecule has 1 aliphatic rings. The predicted octanol–water partition coefficient (Wildman–Crippen LogP) is 5.05. The molecule has 33 heavy (non-hydrogen) atoms. The van der Waals surface area contributed by atoms with Crippen LogP contribution in [0.25, 0.3) is 11.3 Å². The van der Waals surface area contributed by atoms with Crippen LogP contribution in [-0.2, 0) is 21.3 Å². The molecular formula is C25H31N3O3S2. The molecule has 2 heterocycles. The topological polar surface area (TPSA) is 63.9 Å². The minimum atomic E-state index is -3.45. The lowest BCUT2D eigenvalue weighted by Crippen LogP contribution is -2.31. The van der Waals surface area contributed by atoms with Crippen LogP contribution >= 0.6 is 11.3 Å². The smallest absolute Gasteiger partial charge is 0.243 e. The molecule has 0 N–H and O–H groups in total. The van der Waals surface area contributed by atoms with Crippen LogP contribution in [0.4, 0.5) is 5.69 Å². The van der Waals surface area contributed by atoms with Gasteiger partial charge < -0.3 is 9.30 Å². The molecule has 1 saturated heterocycles. The average molecular weight is 486 g/mol. The maximum Gasteiger partial charge on any atom is 0.243 e. The van der Waals surface area contributed by atoms with Gasteiger partial charge in [-0.1, -0.05) is 43.2 Å². The van der Waals surface area contributed by atoms with Crippen molar-refractivity contribution in [3.63, 3.8) is 0 Å². The molecule has 176 valence electrons. The third-order valence-electron chi connectivity index (χ3n) is 5.86. The third kappa shape index (κ3) is 5.81. The van der Waals surface area contributed by atoms with E-state index < -0.39 is 10.0 Å². The highest BCUT2D eigenvalue weighted by atomic mass is 32.2. The van der Waals surface area contributed by atoms with Crippen LogP contribution in [0.5, 0.6) is 0 Å². The first-order valence-electron chi connectivity index (χ1n) is 11.5. The van der Waals surface area contributed by atoms with Crippen LogP contribution in [-0.4, -0.2) is 44.1 Å². The van der Waals surface area contributed by atoms with Crippen LogP contribution in [0.1, 0.15) is 32.1 Å². The van der Waals surface area contributed by atoms with Gasteiger partial charge in [-0.25, -0.2) is 13.4 Å². The lowest BCUT2D eigenvalue weighted by molar-refractivity contribution is 0.190. The second kappa shape index (κ2) is 11.2. The molecule has 0 bridgehead atoms. The van der Waals surface area contributed by atoms with Crippen molar-refractivity contribution < 1.29 is 13.2 Å². The molecule has 0 amide bonds. The monoisotopic (exact) mass is 485 g/mol. The first kappa shape index (κ1) is 23.9. The zero-order chi connectivity index (χ0) is 23.1. The normalized spacial score (nSPS) is 16.1. The summed E-state index contributed by atoms with van der Waals surface area (Å²) in [5, 5.41) is 2.09. The summed E-state index contributed by atoms with van der Waals surface area (Å²) in [7, 11) is -1.75. The maximum absolute atomic E-state index is 13.1. The van der Waals surface area contributed by atoms with E-state index in [1.165, 1.54) is 0 Å². The van der Waals surface area contributed by atoms with Crippen LogP contribution in [0.3, 0.4) is 0 Å². The molecule has 0 radical (unpaired) electrons. The number of methoxy groups -OCH3 is 1. The lowest BCUT2D eigenvalue weighted by Gasteiger charge is -2.20. The van der Waals surface area contributed by atoms with Gasteiger partial charge in [0, 0.05) is 38.7 Å². The molecule has 6 nitrogen and oxygen atoms in total. The third-order valence-corrected chi connectivity index (χ3v) is 8.64. The maximum atomic E-state index is 13.1. The molecule has 8 heteroatoms. The Bertz CT molecular complexity index is 1190. The van der Waals surface area contributed by atoms with Crippen molar-refractivity contribution in [2.75, 3.05) is 26.8 Å². The van der Waals surface area contributed by atoms with E-state index in [0.717, 1.165) is 60.4 Å². The van der Waals surface area contributed by atoms with E-state index in [-0.39, 0.29) is 0 Å². The fourth-order valence-electron chi connectivity index (χ4n) is 4.07. The van der Waals surface area contributed by atoms with E-state index >= 15 is 0 Å². The fourth-order valence-corrected chi connectivity index (χ4v) is 6.55. The zero-order valence-corrected chi connectivity index (χ0v) is 20.7. The van der Waals surface area contributed by atoms with Gasteiger partial charge in [-0.05, 0) is 49.1 Å². The molecule has 1 aromatic heterocycles. The number of aromatic nitrogens is 1. The molecule has 0 unspecified atom stereocenters. The summed E-state index contributed by atoms with van der Waals surface area (Å²) in [6, 6.07) is 17.2. The second-order valence-electron chi connectivity index (χ2n) is 8.19. The largest absolute Gasteiger partial charge is 0.385 e. The van der Waals surface area contributed by atoms with E-state index in [0.29, 0.717) is 24.6 Å². The zero-order valence-electron chi connectivity index (χ0n) is 19.0. The number of para-hydroxylation sites is 1. The van der Waals surface area contributed by atoms with Crippen LogP contribution in [0.15, 0.2) is 69.9 Å². The molecule has 1 fully saturated rings. The van der Waals surface area contributed by atoms with Gasteiger partial charge in [0.05, 0.1) is 16.3 Å².